The molecule has 0 saturated carbocycles. The Balaban J connectivity index is 0.00000392. The van der Waals surface area contributed by atoms with Crippen LogP contribution in [0.2, 0.25) is 0 Å². The van der Waals surface area contributed by atoms with Gasteiger partial charge in [-0.05, 0) is 47.7 Å². The molecule has 0 unspecified atom stereocenters. The molecule has 2 amide bonds. The fourth-order valence-corrected chi connectivity index (χ4v) is 2.55. The summed E-state index contributed by atoms with van der Waals surface area (Å²) in [5.41, 5.74) is 9.18. The van der Waals surface area contributed by atoms with Crippen LogP contribution in [0.3, 0.4) is 0 Å². The highest BCUT2D eigenvalue weighted by Crippen LogP contribution is 2.28. The van der Waals surface area contributed by atoms with Gasteiger partial charge in [0.25, 0.3) is 0 Å². The van der Waals surface area contributed by atoms with Crippen LogP contribution in [0.25, 0.3) is 0 Å². The molecule has 0 aliphatic carbocycles. The molecular weight excluding hydrogens is 378 g/mol. The van der Waals surface area contributed by atoms with Crippen molar-refractivity contribution in [2.75, 3.05) is 18.4 Å². The van der Waals surface area contributed by atoms with E-state index in [2.05, 4.69) is 42.7 Å². The zero-order valence-corrected chi connectivity index (χ0v) is 17.3. The van der Waals surface area contributed by atoms with E-state index in [0.717, 1.165) is 16.9 Å². The Morgan fingerprint density at radius 2 is 1.75 bits per heavy atom. The maximum absolute atomic E-state index is 11.8. The molecule has 0 aliphatic rings. The van der Waals surface area contributed by atoms with Crippen LogP contribution < -0.4 is 21.1 Å². The molecule has 0 aliphatic heterocycles. The van der Waals surface area contributed by atoms with Crippen LogP contribution in [0.1, 0.15) is 36.5 Å². The van der Waals surface area contributed by atoms with Crippen LogP contribution in [0.15, 0.2) is 42.5 Å². The second-order valence-electron chi connectivity index (χ2n) is 6.71. The monoisotopic (exact) mass is 405 g/mol. The third-order valence-corrected chi connectivity index (χ3v) is 4.05. The Morgan fingerprint density at radius 3 is 2.36 bits per heavy atom. The minimum Gasteiger partial charge on any atom is -0.489 e. The van der Waals surface area contributed by atoms with E-state index in [9.17, 15) is 9.59 Å². The maximum atomic E-state index is 11.8. The van der Waals surface area contributed by atoms with Crippen molar-refractivity contribution in [2.45, 2.75) is 33.3 Å². The molecule has 6 nitrogen and oxygen atoms in total. The van der Waals surface area contributed by atoms with Crippen molar-refractivity contribution in [1.82, 2.24) is 5.32 Å². The molecule has 152 valence electrons. The lowest BCUT2D eigenvalue weighted by molar-refractivity contribution is -0.123. The molecule has 0 spiro atoms. The highest BCUT2D eigenvalue weighted by Gasteiger charge is 2.09. The molecule has 2 aromatic carbocycles. The van der Waals surface area contributed by atoms with E-state index in [0.29, 0.717) is 18.2 Å². The van der Waals surface area contributed by atoms with E-state index in [1.165, 1.54) is 5.56 Å². The molecule has 0 heterocycles. The first-order valence-corrected chi connectivity index (χ1v) is 8.98. The molecule has 0 aromatic heterocycles. The normalized spacial score (nSPS) is 10.2. The minimum atomic E-state index is -0.366. The maximum Gasteiger partial charge on any atom is 0.243 e. The number of anilines is 1. The van der Waals surface area contributed by atoms with Crippen LogP contribution in [0.5, 0.6) is 5.75 Å². The molecule has 0 atom stereocenters. The van der Waals surface area contributed by atoms with Crippen molar-refractivity contribution >= 4 is 29.9 Å². The summed E-state index contributed by atoms with van der Waals surface area (Å²) < 4.78 is 6.02. The first kappa shape index (κ1) is 23.5. The fourth-order valence-electron chi connectivity index (χ4n) is 2.55. The number of nitrogens with two attached hydrogens (primary N) is 1. The van der Waals surface area contributed by atoms with Crippen molar-refractivity contribution in [3.8, 4) is 5.75 Å². The van der Waals surface area contributed by atoms with Crippen molar-refractivity contribution < 1.29 is 14.3 Å². The quantitative estimate of drug-likeness (QED) is 0.629. The topological polar surface area (TPSA) is 93.5 Å². The first-order chi connectivity index (χ1) is 12.9. The van der Waals surface area contributed by atoms with Crippen LogP contribution in [0.4, 0.5) is 5.69 Å². The van der Waals surface area contributed by atoms with Crippen molar-refractivity contribution in [3.63, 3.8) is 0 Å². The zero-order chi connectivity index (χ0) is 19.8. The van der Waals surface area contributed by atoms with Gasteiger partial charge in [-0.15, -0.1) is 12.4 Å². The molecule has 0 saturated heterocycles. The Labute approximate surface area is 172 Å². The van der Waals surface area contributed by atoms with Gasteiger partial charge < -0.3 is 21.1 Å². The van der Waals surface area contributed by atoms with Gasteiger partial charge in [-0.25, -0.2) is 0 Å². The number of ether oxygens (including phenoxy) is 1. The van der Waals surface area contributed by atoms with E-state index in [1.807, 2.05) is 19.1 Å². The molecule has 0 fully saturated rings. The van der Waals surface area contributed by atoms with Gasteiger partial charge in [-0.2, -0.15) is 0 Å². The van der Waals surface area contributed by atoms with Gasteiger partial charge in [0.15, 0.2) is 0 Å². The molecule has 28 heavy (non-hydrogen) atoms. The van der Waals surface area contributed by atoms with E-state index in [1.54, 1.807) is 12.1 Å². The number of benzene rings is 2. The zero-order valence-electron chi connectivity index (χ0n) is 16.5. The summed E-state index contributed by atoms with van der Waals surface area (Å²) in [6.07, 6.45) is 0. The van der Waals surface area contributed by atoms with Crippen LogP contribution in [-0.4, -0.2) is 24.9 Å². The van der Waals surface area contributed by atoms with Crippen LogP contribution in [0, 0.1) is 6.92 Å². The Morgan fingerprint density at radius 1 is 1.07 bits per heavy atom. The van der Waals surface area contributed by atoms with E-state index in [-0.39, 0.29) is 37.3 Å². The number of hydrogen-bond acceptors (Lipinski definition) is 4. The average molecular weight is 406 g/mol. The lowest BCUT2D eigenvalue weighted by Crippen LogP contribution is -2.36. The number of carbonyl (C=O) groups is 2. The summed E-state index contributed by atoms with van der Waals surface area (Å²) in [6.45, 7) is 6.54. The van der Waals surface area contributed by atoms with Crippen molar-refractivity contribution in [1.29, 1.82) is 0 Å². The highest BCUT2D eigenvalue weighted by molar-refractivity contribution is 5.94. The second kappa shape index (κ2) is 11.3. The van der Waals surface area contributed by atoms with E-state index >= 15 is 0 Å². The highest BCUT2D eigenvalue weighted by atomic mass is 35.5. The third-order valence-electron chi connectivity index (χ3n) is 4.05. The number of hydrogen-bond donors (Lipinski definition) is 3. The number of aryl methyl sites for hydroxylation is 1. The third kappa shape index (κ3) is 7.21. The number of rotatable bonds is 8. The molecule has 2 rings (SSSR count). The van der Waals surface area contributed by atoms with Gasteiger partial charge >= 0.3 is 0 Å². The Hall–Kier alpha value is -2.57. The molecular formula is C21H28ClN3O3. The summed E-state index contributed by atoms with van der Waals surface area (Å²) in [4.78, 5) is 22.8. The summed E-state index contributed by atoms with van der Waals surface area (Å²) in [7, 11) is 0. The number of nitrogens with one attached hydrogen (secondary N) is 2. The smallest absolute Gasteiger partial charge is 0.243 e. The summed E-state index contributed by atoms with van der Waals surface area (Å²) in [5.74, 6) is 0.618. The summed E-state index contributed by atoms with van der Waals surface area (Å²) >= 11 is 0. The van der Waals surface area contributed by atoms with Gasteiger partial charge in [0.1, 0.15) is 12.4 Å². The molecule has 4 N–H and O–H groups in total. The van der Waals surface area contributed by atoms with Gasteiger partial charge in [0, 0.05) is 5.69 Å². The van der Waals surface area contributed by atoms with Crippen LogP contribution in [-0.2, 0) is 16.2 Å². The SMILES string of the molecule is Cc1ccc(C(C)C)c(OCc2ccc(NC(=O)CNC(=O)CN)cc2)c1.Cl. The standard InChI is InChI=1S/C21H27N3O3.ClH/c1-14(2)18-9-4-15(3)10-19(18)27-13-16-5-7-17(8-6-16)24-21(26)12-23-20(25)11-22;/h4-10,14H,11-13,22H2,1-3H3,(H,23,25)(H,24,26);1H. The molecule has 2 aromatic rings. The second-order valence-corrected chi connectivity index (χ2v) is 6.71. The Kier molecular flexibility index (Phi) is 9.48. The molecule has 0 bridgehead atoms. The predicted molar refractivity (Wildman–Crippen MR) is 114 cm³/mol. The lowest BCUT2D eigenvalue weighted by atomic mass is 10.0. The number of carbonyl (C=O) groups excluding carboxylic acids is 2. The largest absolute Gasteiger partial charge is 0.489 e. The van der Waals surface area contributed by atoms with Gasteiger partial charge in [-0.3, -0.25) is 9.59 Å². The molecule has 7 heteroatoms. The van der Waals surface area contributed by atoms with Crippen molar-refractivity contribution in [2.24, 2.45) is 5.73 Å². The van der Waals surface area contributed by atoms with Crippen molar-refractivity contribution in [3.05, 3.63) is 59.2 Å². The first-order valence-electron chi connectivity index (χ1n) is 8.98. The van der Waals surface area contributed by atoms with Gasteiger partial charge in [0.05, 0.1) is 13.1 Å². The number of amides is 2. The van der Waals surface area contributed by atoms with Gasteiger partial charge in [0.2, 0.25) is 11.8 Å². The predicted octanol–water partition coefficient (Wildman–Crippen LogP) is 3.13. The summed E-state index contributed by atoms with van der Waals surface area (Å²) in [6, 6.07) is 13.7. The van der Waals surface area contributed by atoms with E-state index in [4.69, 9.17) is 10.5 Å². The van der Waals surface area contributed by atoms with Crippen LogP contribution >= 0.6 is 12.4 Å². The van der Waals surface area contributed by atoms with Gasteiger partial charge in [-0.1, -0.05) is 38.1 Å². The average Bonchev–Trinajstić information content (AvgIpc) is 2.65. The van der Waals surface area contributed by atoms with E-state index < -0.39 is 0 Å². The number of halogens is 1. The Bertz CT molecular complexity index is 792. The lowest BCUT2D eigenvalue weighted by Gasteiger charge is -2.15. The molecule has 0 radical (unpaired) electrons. The summed E-state index contributed by atoms with van der Waals surface area (Å²) in [5, 5.41) is 5.14. The fraction of sp³-hybridized carbons (Fsp3) is 0.333. The minimum absolute atomic E-state index is 0.